The Bertz CT molecular complexity index is 601. The van der Waals surface area contributed by atoms with E-state index in [2.05, 4.69) is 4.98 Å². The molecule has 2 aromatic rings. The van der Waals surface area contributed by atoms with Gasteiger partial charge in [0.25, 0.3) is 0 Å². The van der Waals surface area contributed by atoms with E-state index in [0.29, 0.717) is 29.2 Å². The molecule has 0 spiro atoms. The predicted molar refractivity (Wildman–Crippen MR) is 79.0 cm³/mol. The average molecular weight is 289 g/mol. The summed E-state index contributed by atoms with van der Waals surface area (Å²) in [4.78, 5) is 4.05. The number of pyridine rings is 1. The third-order valence-corrected chi connectivity index (χ3v) is 3.23. The van der Waals surface area contributed by atoms with E-state index in [1.807, 2.05) is 18.2 Å². The molecule has 1 unspecified atom stereocenters. The maximum absolute atomic E-state index is 10.3. The van der Waals surface area contributed by atoms with Crippen molar-refractivity contribution in [2.45, 2.75) is 12.5 Å². The summed E-state index contributed by atoms with van der Waals surface area (Å²) in [5, 5.41) is 10.3. The normalized spacial score (nSPS) is 11.8. The van der Waals surface area contributed by atoms with Crippen molar-refractivity contribution in [3.8, 4) is 17.2 Å². The molecule has 0 amide bonds. The van der Waals surface area contributed by atoms with Gasteiger partial charge in [-0.05, 0) is 23.8 Å². The molecule has 0 radical (unpaired) electrons. The Morgan fingerprint density at radius 3 is 2.43 bits per heavy atom. The largest absolute Gasteiger partial charge is 0.495 e. The number of aromatic nitrogens is 1. The van der Waals surface area contributed by atoms with E-state index in [4.69, 9.17) is 14.2 Å². The van der Waals surface area contributed by atoms with E-state index in [0.717, 1.165) is 5.56 Å². The molecule has 5 nitrogen and oxygen atoms in total. The monoisotopic (exact) mass is 289 g/mol. The Morgan fingerprint density at radius 1 is 1.00 bits per heavy atom. The first kappa shape index (κ1) is 15.1. The number of nitrogens with zero attached hydrogens (tertiary/aromatic N) is 1. The number of aliphatic hydroxyl groups is 1. The number of hydrogen-bond donors (Lipinski definition) is 1. The van der Waals surface area contributed by atoms with Crippen LogP contribution in [-0.4, -0.2) is 31.4 Å². The zero-order valence-electron chi connectivity index (χ0n) is 12.4. The molecule has 0 aliphatic heterocycles. The lowest BCUT2D eigenvalue weighted by atomic mass is 10.0. The lowest BCUT2D eigenvalue weighted by Crippen LogP contribution is -2.03. The minimum absolute atomic E-state index is 0.454. The first-order valence-electron chi connectivity index (χ1n) is 6.55. The summed E-state index contributed by atoms with van der Waals surface area (Å²) in [5.74, 6) is 1.93. The lowest BCUT2D eigenvalue weighted by molar-refractivity contribution is 0.177. The van der Waals surface area contributed by atoms with Crippen LogP contribution in [-0.2, 0) is 6.42 Å². The zero-order chi connectivity index (χ0) is 15.2. The van der Waals surface area contributed by atoms with E-state index in [-0.39, 0.29) is 0 Å². The number of aliphatic hydroxyl groups excluding tert-OH is 1. The zero-order valence-corrected chi connectivity index (χ0v) is 12.4. The van der Waals surface area contributed by atoms with Gasteiger partial charge in [-0.25, -0.2) is 0 Å². The number of hydrogen-bond acceptors (Lipinski definition) is 5. The number of benzene rings is 1. The van der Waals surface area contributed by atoms with Gasteiger partial charge in [-0.2, -0.15) is 0 Å². The van der Waals surface area contributed by atoms with Crippen LogP contribution < -0.4 is 14.2 Å². The highest BCUT2D eigenvalue weighted by Gasteiger charge is 2.12. The van der Waals surface area contributed by atoms with Gasteiger partial charge in [-0.3, -0.25) is 4.98 Å². The number of methoxy groups -OCH3 is 3. The minimum atomic E-state index is -0.661. The van der Waals surface area contributed by atoms with Gasteiger partial charge in [0.1, 0.15) is 5.75 Å². The summed E-state index contributed by atoms with van der Waals surface area (Å²) in [7, 11) is 4.75. The van der Waals surface area contributed by atoms with Gasteiger partial charge in [0.05, 0.1) is 33.6 Å². The quantitative estimate of drug-likeness (QED) is 0.884. The molecule has 2 rings (SSSR count). The molecule has 1 N–H and O–H groups in total. The van der Waals surface area contributed by atoms with Crippen LogP contribution in [0.15, 0.2) is 36.7 Å². The van der Waals surface area contributed by atoms with Crippen molar-refractivity contribution >= 4 is 0 Å². The fourth-order valence-corrected chi connectivity index (χ4v) is 2.08. The van der Waals surface area contributed by atoms with Gasteiger partial charge in [-0.15, -0.1) is 0 Å². The maximum atomic E-state index is 10.3. The van der Waals surface area contributed by atoms with E-state index >= 15 is 0 Å². The fourth-order valence-electron chi connectivity index (χ4n) is 2.08. The average Bonchev–Trinajstić information content (AvgIpc) is 2.54. The van der Waals surface area contributed by atoms with Crippen molar-refractivity contribution < 1.29 is 19.3 Å². The van der Waals surface area contributed by atoms with E-state index in [1.165, 1.54) is 0 Å². The second kappa shape index (κ2) is 6.95. The summed E-state index contributed by atoms with van der Waals surface area (Å²) < 4.78 is 15.6. The Morgan fingerprint density at radius 2 is 1.76 bits per heavy atom. The fraction of sp³-hybridized carbons (Fsp3) is 0.312. The van der Waals surface area contributed by atoms with Crippen LogP contribution in [0.4, 0.5) is 0 Å². The molecule has 5 heteroatoms. The highest BCUT2D eigenvalue weighted by molar-refractivity contribution is 5.43. The summed E-state index contributed by atoms with van der Waals surface area (Å²) in [5.41, 5.74) is 1.66. The van der Waals surface area contributed by atoms with Gasteiger partial charge >= 0.3 is 0 Å². The molecular formula is C16H19NO4. The molecule has 21 heavy (non-hydrogen) atoms. The van der Waals surface area contributed by atoms with Crippen LogP contribution in [0, 0.1) is 0 Å². The molecule has 112 valence electrons. The smallest absolute Gasteiger partial charge is 0.160 e. The lowest BCUT2D eigenvalue weighted by Gasteiger charge is -2.14. The summed E-state index contributed by atoms with van der Waals surface area (Å²) >= 11 is 0. The van der Waals surface area contributed by atoms with E-state index in [1.54, 1.807) is 39.8 Å². The standard InChI is InChI=1S/C16H19NO4/c1-19-13-8-12(9-17-10-13)14(18)6-11-4-5-15(20-2)16(7-11)21-3/h4-5,7-10,14,18H,6H2,1-3H3. The molecule has 0 saturated carbocycles. The van der Waals surface area contributed by atoms with Gasteiger partial charge in [0, 0.05) is 18.2 Å². The van der Waals surface area contributed by atoms with Gasteiger partial charge in [0.15, 0.2) is 11.5 Å². The number of rotatable bonds is 6. The molecule has 0 aliphatic rings. The molecular weight excluding hydrogens is 270 g/mol. The topological polar surface area (TPSA) is 60.8 Å². The molecule has 1 aromatic heterocycles. The molecule has 1 heterocycles. The number of ether oxygens (including phenoxy) is 3. The van der Waals surface area contributed by atoms with Crippen LogP contribution in [0.1, 0.15) is 17.2 Å². The summed E-state index contributed by atoms with van der Waals surface area (Å²) in [6.07, 6.45) is 3.03. The molecule has 0 bridgehead atoms. The first-order chi connectivity index (χ1) is 10.2. The SMILES string of the molecule is COc1cncc(C(O)Cc2ccc(OC)c(OC)c2)c1. The van der Waals surface area contributed by atoms with Gasteiger partial charge < -0.3 is 19.3 Å². The molecule has 1 aromatic carbocycles. The van der Waals surface area contributed by atoms with Gasteiger partial charge in [0.2, 0.25) is 0 Å². The van der Waals surface area contributed by atoms with Crippen molar-refractivity contribution in [3.05, 3.63) is 47.8 Å². The van der Waals surface area contributed by atoms with Crippen molar-refractivity contribution in [1.82, 2.24) is 4.98 Å². The van der Waals surface area contributed by atoms with E-state index < -0.39 is 6.10 Å². The third kappa shape index (κ3) is 3.64. The Labute approximate surface area is 124 Å². The van der Waals surface area contributed by atoms with Crippen molar-refractivity contribution in [2.24, 2.45) is 0 Å². The van der Waals surface area contributed by atoms with E-state index in [9.17, 15) is 5.11 Å². The van der Waals surface area contributed by atoms with Crippen molar-refractivity contribution in [1.29, 1.82) is 0 Å². The van der Waals surface area contributed by atoms with Gasteiger partial charge in [-0.1, -0.05) is 6.07 Å². The third-order valence-electron chi connectivity index (χ3n) is 3.23. The van der Waals surface area contributed by atoms with Crippen molar-refractivity contribution in [3.63, 3.8) is 0 Å². The van der Waals surface area contributed by atoms with Crippen LogP contribution >= 0.6 is 0 Å². The van der Waals surface area contributed by atoms with Crippen LogP contribution in [0.3, 0.4) is 0 Å². The van der Waals surface area contributed by atoms with Crippen molar-refractivity contribution in [2.75, 3.05) is 21.3 Å². The van der Waals surface area contributed by atoms with Crippen LogP contribution in [0.5, 0.6) is 17.2 Å². The van der Waals surface area contributed by atoms with Crippen LogP contribution in [0.25, 0.3) is 0 Å². The predicted octanol–water partition coefficient (Wildman–Crippen LogP) is 2.38. The Balaban J connectivity index is 2.16. The molecule has 1 atom stereocenters. The second-order valence-electron chi connectivity index (χ2n) is 4.57. The highest BCUT2D eigenvalue weighted by atomic mass is 16.5. The Hall–Kier alpha value is -2.27. The maximum Gasteiger partial charge on any atom is 0.160 e. The Kier molecular flexibility index (Phi) is 5.00. The first-order valence-corrected chi connectivity index (χ1v) is 6.55. The molecule has 0 fully saturated rings. The molecule has 0 aliphatic carbocycles. The minimum Gasteiger partial charge on any atom is -0.495 e. The summed E-state index contributed by atoms with van der Waals surface area (Å²) in [6.45, 7) is 0. The van der Waals surface area contributed by atoms with Crippen LogP contribution in [0.2, 0.25) is 0 Å². The summed E-state index contributed by atoms with van der Waals surface area (Å²) in [6, 6.07) is 7.36. The highest BCUT2D eigenvalue weighted by Crippen LogP contribution is 2.29. The molecule has 0 saturated heterocycles. The second-order valence-corrected chi connectivity index (χ2v) is 4.57.